The van der Waals surface area contributed by atoms with Crippen molar-refractivity contribution in [3.63, 3.8) is 0 Å². The molecule has 0 bridgehead atoms. The van der Waals surface area contributed by atoms with Gasteiger partial charge in [-0.05, 0) is 23.8 Å². The number of ether oxygens (including phenoxy) is 1. The average molecular weight is 304 g/mol. The number of hydrogen-bond acceptors (Lipinski definition) is 3. The maximum Gasteiger partial charge on any atom is 0.132 e. The molecule has 1 aliphatic rings. The Balaban J connectivity index is 2.20. The number of benzene rings is 1. The monoisotopic (exact) mass is 304 g/mol. The van der Waals surface area contributed by atoms with Crippen LogP contribution in [0.2, 0.25) is 0 Å². The van der Waals surface area contributed by atoms with Crippen molar-refractivity contribution in [1.82, 2.24) is 4.90 Å². The standard InChI is InChI=1S/C19H32N2O/c1-5-15(3)12-21-14-19(20,16(4)6-2)22-13-18(21)17-10-8-7-9-11-17/h7-11,15-16,18H,5-6,12-14,20H2,1-4H3/t15?,16?,18-,19+/m0/s1. The van der Waals surface area contributed by atoms with Crippen LogP contribution in [0.15, 0.2) is 30.3 Å². The van der Waals surface area contributed by atoms with E-state index in [0.717, 1.165) is 19.5 Å². The van der Waals surface area contributed by atoms with Crippen LogP contribution < -0.4 is 5.73 Å². The van der Waals surface area contributed by atoms with Crippen LogP contribution in [0, 0.1) is 11.8 Å². The molecule has 0 spiro atoms. The molecule has 0 saturated carbocycles. The Kier molecular flexibility index (Phi) is 6.01. The van der Waals surface area contributed by atoms with E-state index in [1.807, 2.05) is 0 Å². The van der Waals surface area contributed by atoms with Gasteiger partial charge in [0.25, 0.3) is 0 Å². The van der Waals surface area contributed by atoms with Gasteiger partial charge in [-0.1, -0.05) is 64.4 Å². The van der Waals surface area contributed by atoms with E-state index >= 15 is 0 Å². The molecule has 3 heteroatoms. The van der Waals surface area contributed by atoms with Gasteiger partial charge >= 0.3 is 0 Å². The first-order chi connectivity index (χ1) is 10.5. The van der Waals surface area contributed by atoms with Crippen molar-refractivity contribution in [3.05, 3.63) is 35.9 Å². The Morgan fingerprint density at radius 2 is 1.91 bits per heavy atom. The summed E-state index contributed by atoms with van der Waals surface area (Å²) in [5.74, 6) is 1.04. The Labute approximate surface area is 135 Å². The first kappa shape index (κ1) is 17.5. The third-order valence-corrected chi connectivity index (χ3v) is 5.27. The van der Waals surface area contributed by atoms with Crippen LogP contribution in [0.3, 0.4) is 0 Å². The lowest BCUT2D eigenvalue weighted by atomic mass is 9.91. The summed E-state index contributed by atoms with van der Waals surface area (Å²) in [5.41, 5.74) is 7.41. The van der Waals surface area contributed by atoms with Crippen LogP contribution in [0.5, 0.6) is 0 Å². The minimum Gasteiger partial charge on any atom is -0.357 e. The van der Waals surface area contributed by atoms with Crippen LogP contribution in [-0.4, -0.2) is 30.3 Å². The van der Waals surface area contributed by atoms with Gasteiger partial charge in [0.2, 0.25) is 0 Å². The van der Waals surface area contributed by atoms with Crippen molar-refractivity contribution in [2.24, 2.45) is 17.6 Å². The Bertz CT molecular complexity index is 450. The van der Waals surface area contributed by atoms with Crippen molar-refractivity contribution < 1.29 is 4.74 Å². The molecule has 2 N–H and O–H groups in total. The lowest BCUT2D eigenvalue weighted by Gasteiger charge is -2.48. The zero-order chi connectivity index (χ0) is 16.2. The Morgan fingerprint density at radius 1 is 1.23 bits per heavy atom. The Morgan fingerprint density at radius 3 is 2.50 bits per heavy atom. The van der Waals surface area contributed by atoms with Crippen molar-refractivity contribution in [1.29, 1.82) is 0 Å². The summed E-state index contributed by atoms with van der Waals surface area (Å²) < 4.78 is 6.17. The van der Waals surface area contributed by atoms with Crippen LogP contribution in [0.25, 0.3) is 0 Å². The zero-order valence-corrected chi connectivity index (χ0v) is 14.6. The molecule has 1 aliphatic heterocycles. The summed E-state index contributed by atoms with van der Waals surface area (Å²) in [6.07, 6.45) is 2.24. The third kappa shape index (κ3) is 3.89. The maximum absolute atomic E-state index is 6.60. The summed E-state index contributed by atoms with van der Waals surface area (Å²) in [4.78, 5) is 2.54. The van der Waals surface area contributed by atoms with Crippen LogP contribution >= 0.6 is 0 Å². The van der Waals surface area contributed by atoms with E-state index in [1.54, 1.807) is 0 Å². The van der Waals surface area contributed by atoms with Crippen LogP contribution in [-0.2, 0) is 4.74 Å². The smallest absolute Gasteiger partial charge is 0.132 e. The molecule has 3 nitrogen and oxygen atoms in total. The molecular formula is C19H32N2O. The zero-order valence-electron chi connectivity index (χ0n) is 14.6. The highest BCUT2D eigenvalue weighted by atomic mass is 16.5. The molecule has 0 amide bonds. The highest BCUT2D eigenvalue weighted by Gasteiger charge is 2.41. The molecule has 1 aromatic rings. The van der Waals surface area contributed by atoms with E-state index in [-0.39, 0.29) is 0 Å². The van der Waals surface area contributed by atoms with Gasteiger partial charge in [-0.2, -0.15) is 0 Å². The van der Waals surface area contributed by atoms with E-state index in [4.69, 9.17) is 10.5 Å². The lowest BCUT2D eigenvalue weighted by Crippen LogP contribution is -2.62. The number of nitrogens with zero attached hydrogens (tertiary/aromatic N) is 1. The molecule has 0 aliphatic carbocycles. The second-order valence-electron chi connectivity index (χ2n) is 6.94. The van der Waals surface area contributed by atoms with Gasteiger partial charge < -0.3 is 10.5 Å². The fourth-order valence-electron chi connectivity index (χ4n) is 3.16. The molecule has 1 heterocycles. The van der Waals surface area contributed by atoms with Gasteiger partial charge in [-0.3, -0.25) is 4.90 Å². The highest BCUT2D eigenvalue weighted by Crippen LogP contribution is 2.33. The second kappa shape index (κ2) is 7.58. The molecule has 0 aromatic heterocycles. The molecule has 2 unspecified atom stereocenters. The van der Waals surface area contributed by atoms with Gasteiger partial charge in [0.05, 0.1) is 12.6 Å². The first-order valence-electron chi connectivity index (χ1n) is 8.72. The number of morpholine rings is 1. The highest BCUT2D eigenvalue weighted by molar-refractivity contribution is 5.20. The molecule has 1 aromatic carbocycles. The lowest BCUT2D eigenvalue weighted by molar-refractivity contribution is -0.161. The molecule has 2 rings (SSSR count). The van der Waals surface area contributed by atoms with Gasteiger partial charge in [0.15, 0.2) is 0 Å². The average Bonchev–Trinajstić information content (AvgIpc) is 2.55. The van der Waals surface area contributed by atoms with Crippen molar-refractivity contribution in [2.45, 2.75) is 52.3 Å². The normalized spacial score (nSPS) is 29.2. The molecule has 0 radical (unpaired) electrons. The van der Waals surface area contributed by atoms with Crippen LogP contribution in [0.1, 0.15) is 52.1 Å². The first-order valence-corrected chi connectivity index (χ1v) is 8.72. The van der Waals surface area contributed by atoms with Crippen molar-refractivity contribution in [2.75, 3.05) is 19.7 Å². The summed E-state index contributed by atoms with van der Waals surface area (Å²) in [6, 6.07) is 11.0. The second-order valence-corrected chi connectivity index (χ2v) is 6.94. The molecule has 22 heavy (non-hydrogen) atoms. The number of nitrogens with two attached hydrogens (primary N) is 1. The quantitative estimate of drug-likeness (QED) is 0.868. The van der Waals surface area contributed by atoms with E-state index < -0.39 is 5.72 Å². The van der Waals surface area contributed by atoms with E-state index in [9.17, 15) is 0 Å². The summed E-state index contributed by atoms with van der Waals surface area (Å²) in [6.45, 7) is 11.5. The summed E-state index contributed by atoms with van der Waals surface area (Å²) in [7, 11) is 0. The van der Waals surface area contributed by atoms with Gasteiger partial charge in [-0.25, -0.2) is 0 Å². The molecular weight excluding hydrogens is 272 g/mol. The topological polar surface area (TPSA) is 38.5 Å². The third-order valence-electron chi connectivity index (χ3n) is 5.27. The molecule has 4 atom stereocenters. The van der Waals surface area contributed by atoms with Crippen LogP contribution in [0.4, 0.5) is 0 Å². The maximum atomic E-state index is 6.60. The van der Waals surface area contributed by atoms with Gasteiger partial charge in [-0.15, -0.1) is 0 Å². The molecule has 1 fully saturated rings. The predicted octanol–water partition coefficient (Wildman–Crippen LogP) is 3.81. The predicted molar refractivity (Wildman–Crippen MR) is 92.5 cm³/mol. The number of hydrogen-bond donors (Lipinski definition) is 1. The number of rotatable bonds is 6. The molecule has 1 saturated heterocycles. The van der Waals surface area contributed by atoms with E-state index in [2.05, 4.69) is 62.9 Å². The largest absolute Gasteiger partial charge is 0.357 e. The minimum atomic E-state index is -0.520. The van der Waals surface area contributed by atoms with E-state index in [1.165, 1.54) is 12.0 Å². The van der Waals surface area contributed by atoms with Crippen molar-refractivity contribution >= 4 is 0 Å². The SMILES string of the molecule is CCC(C)CN1C[C@](N)(C(C)CC)OC[C@H]1c1ccccc1. The van der Waals surface area contributed by atoms with Gasteiger partial charge in [0, 0.05) is 13.1 Å². The Hall–Kier alpha value is -0.900. The van der Waals surface area contributed by atoms with Crippen molar-refractivity contribution in [3.8, 4) is 0 Å². The fourth-order valence-corrected chi connectivity index (χ4v) is 3.16. The summed E-state index contributed by atoms with van der Waals surface area (Å²) in [5, 5.41) is 0. The summed E-state index contributed by atoms with van der Waals surface area (Å²) >= 11 is 0. The van der Waals surface area contributed by atoms with Gasteiger partial charge in [0.1, 0.15) is 5.72 Å². The van der Waals surface area contributed by atoms with E-state index in [0.29, 0.717) is 24.5 Å². The minimum absolute atomic E-state index is 0.316. The fraction of sp³-hybridized carbons (Fsp3) is 0.684. The molecule has 124 valence electrons.